The van der Waals surface area contributed by atoms with Gasteiger partial charge in [0.2, 0.25) is 5.91 Å². The van der Waals surface area contributed by atoms with Crippen LogP contribution in [0.15, 0.2) is 48.5 Å². The number of nitrogens with zero attached hydrogens (tertiary/aromatic N) is 2. The van der Waals surface area contributed by atoms with Gasteiger partial charge in [-0.25, -0.2) is 4.98 Å². The van der Waals surface area contributed by atoms with E-state index in [0.29, 0.717) is 12.4 Å². The molecule has 2 aromatic carbocycles. The summed E-state index contributed by atoms with van der Waals surface area (Å²) in [7, 11) is 1.63. The highest BCUT2D eigenvalue weighted by atomic mass is 16.5. The second-order valence-corrected chi connectivity index (χ2v) is 5.71. The number of para-hydroxylation sites is 2. The molecule has 0 atom stereocenters. The zero-order valence-electron chi connectivity index (χ0n) is 14.1. The van der Waals surface area contributed by atoms with Gasteiger partial charge in [-0.15, -0.1) is 0 Å². The minimum absolute atomic E-state index is 0.105. The molecule has 0 aliphatic rings. The smallest absolute Gasteiger partial charge is 0.240 e. The van der Waals surface area contributed by atoms with E-state index in [-0.39, 0.29) is 19.1 Å². The molecule has 130 valence electrons. The fourth-order valence-corrected chi connectivity index (χ4v) is 2.76. The van der Waals surface area contributed by atoms with Crippen molar-refractivity contribution in [3.05, 3.63) is 59.9 Å². The molecule has 1 heterocycles. The molecule has 0 unspecified atom stereocenters. The van der Waals surface area contributed by atoms with Gasteiger partial charge in [0.25, 0.3) is 0 Å². The number of hydrogen-bond acceptors (Lipinski definition) is 4. The van der Waals surface area contributed by atoms with Crippen molar-refractivity contribution >= 4 is 16.9 Å². The van der Waals surface area contributed by atoms with E-state index in [9.17, 15) is 9.90 Å². The van der Waals surface area contributed by atoms with E-state index in [2.05, 4.69) is 10.3 Å². The molecule has 1 aromatic heterocycles. The molecule has 0 aliphatic carbocycles. The number of aliphatic hydroxyl groups is 1. The van der Waals surface area contributed by atoms with E-state index in [0.717, 1.165) is 28.8 Å². The highest BCUT2D eigenvalue weighted by Gasteiger charge is 2.12. The van der Waals surface area contributed by atoms with Crippen LogP contribution in [-0.4, -0.2) is 34.2 Å². The predicted octanol–water partition coefficient (Wildman–Crippen LogP) is 1.90. The van der Waals surface area contributed by atoms with Gasteiger partial charge in [0.1, 0.15) is 24.7 Å². The maximum Gasteiger partial charge on any atom is 0.240 e. The largest absolute Gasteiger partial charge is 0.497 e. The first-order chi connectivity index (χ1) is 12.2. The Kier molecular flexibility index (Phi) is 5.30. The molecule has 6 heteroatoms. The number of ether oxygens (including phenoxy) is 1. The van der Waals surface area contributed by atoms with E-state index < -0.39 is 0 Å². The van der Waals surface area contributed by atoms with Crippen LogP contribution in [-0.2, 0) is 24.4 Å². The summed E-state index contributed by atoms with van der Waals surface area (Å²) < 4.78 is 6.88. The summed E-state index contributed by atoms with van der Waals surface area (Å²) in [5.41, 5.74) is 2.75. The number of aliphatic hydroxyl groups excluding tert-OH is 1. The summed E-state index contributed by atoms with van der Waals surface area (Å²) in [5, 5.41) is 12.4. The van der Waals surface area contributed by atoms with Crippen molar-refractivity contribution in [1.82, 2.24) is 14.9 Å². The highest BCUT2D eigenvalue weighted by Crippen LogP contribution is 2.16. The number of hydrogen-bond donors (Lipinski definition) is 2. The van der Waals surface area contributed by atoms with Crippen LogP contribution in [0.4, 0.5) is 0 Å². The molecule has 3 rings (SSSR count). The molecule has 3 aromatic rings. The van der Waals surface area contributed by atoms with Gasteiger partial charge in [0.05, 0.1) is 18.1 Å². The fourth-order valence-electron chi connectivity index (χ4n) is 2.76. The predicted molar refractivity (Wildman–Crippen MR) is 95.4 cm³/mol. The van der Waals surface area contributed by atoms with Crippen LogP contribution in [0, 0.1) is 0 Å². The Labute approximate surface area is 146 Å². The van der Waals surface area contributed by atoms with Crippen molar-refractivity contribution < 1.29 is 14.6 Å². The lowest BCUT2D eigenvalue weighted by Gasteiger charge is -2.09. The number of carbonyl (C=O) groups is 1. The Morgan fingerprint density at radius 1 is 1.20 bits per heavy atom. The van der Waals surface area contributed by atoms with Crippen molar-refractivity contribution in [1.29, 1.82) is 0 Å². The molecule has 0 aliphatic heterocycles. The number of aromatic nitrogens is 2. The van der Waals surface area contributed by atoms with Crippen LogP contribution in [0.5, 0.6) is 5.75 Å². The third-order valence-corrected chi connectivity index (χ3v) is 4.07. The van der Waals surface area contributed by atoms with E-state index in [1.165, 1.54) is 0 Å². The van der Waals surface area contributed by atoms with Crippen LogP contribution >= 0.6 is 0 Å². The summed E-state index contributed by atoms with van der Waals surface area (Å²) >= 11 is 0. The zero-order chi connectivity index (χ0) is 17.6. The number of methoxy groups -OCH3 is 1. The summed E-state index contributed by atoms with van der Waals surface area (Å²) in [6.07, 6.45) is 0.743. The Morgan fingerprint density at radius 3 is 2.68 bits per heavy atom. The summed E-state index contributed by atoms with van der Waals surface area (Å²) in [6.45, 7) is 0.485. The average Bonchev–Trinajstić information content (AvgIpc) is 3.00. The molecule has 0 fully saturated rings. The maximum absolute atomic E-state index is 12.3. The average molecular weight is 339 g/mol. The summed E-state index contributed by atoms with van der Waals surface area (Å²) in [5.74, 6) is 1.20. The molecule has 0 bridgehead atoms. The lowest BCUT2D eigenvalue weighted by Crippen LogP contribution is -2.30. The number of amides is 1. The topological polar surface area (TPSA) is 76.4 Å². The number of fused-ring (bicyclic) bond motifs is 1. The lowest BCUT2D eigenvalue weighted by molar-refractivity contribution is -0.121. The number of rotatable bonds is 7. The quantitative estimate of drug-likeness (QED) is 0.689. The normalized spacial score (nSPS) is 10.8. The van der Waals surface area contributed by atoms with Gasteiger partial charge < -0.3 is 19.7 Å². The van der Waals surface area contributed by atoms with Gasteiger partial charge in [-0.3, -0.25) is 4.79 Å². The van der Waals surface area contributed by atoms with Crippen molar-refractivity contribution in [2.24, 2.45) is 0 Å². The maximum atomic E-state index is 12.3. The minimum atomic E-state index is -0.201. The fraction of sp³-hybridized carbons (Fsp3) is 0.263. The first-order valence-corrected chi connectivity index (χ1v) is 8.16. The van der Waals surface area contributed by atoms with E-state index >= 15 is 0 Å². The Balaban J connectivity index is 1.59. The third kappa shape index (κ3) is 3.97. The van der Waals surface area contributed by atoms with Crippen molar-refractivity contribution in [2.75, 3.05) is 13.7 Å². The van der Waals surface area contributed by atoms with E-state index in [1.54, 1.807) is 11.7 Å². The van der Waals surface area contributed by atoms with Crippen LogP contribution in [0.3, 0.4) is 0 Å². The molecule has 0 radical (unpaired) electrons. The number of carbonyl (C=O) groups excluding carboxylic acids is 1. The van der Waals surface area contributed by atoms with Crippen molar-refractivity contribution in [3.63, 3.8) is 0 Å². The Morgan fingerprint density at radius 2 is 1.96 bits per heavy atom. The highest BCUT2D eigenvalue weighted by molar-refractivity contribution is 5.81. The summed E-state index contributed by atoms with van der Waals surface area (Å²) in [6, 6.07) is 15.3. The molecule has 0 saturated carbocycles. The lowest BCUT2D eigenvalue weighted by atomic mass is 10.1. The van der Waals surface area contributed by atoms with Crippen LogP contribution in [0.1, 0.15) is 11.4 Å². The number of imidazole rings is 1. The zero-order valence-corrected chi connectivity index (χ0v) is 14.1. The van der Waals surface area contributed by atoms with E-state index in [1.807, 2.05) is 48.5 Å². The Hall–Kier alpha value is -2.86. The van der Waals surface area contributed by atoms with Crippen LogP contribution in [0.2, 0.25) is 0 Å². The van der Waals surface area contributed by atoms with Crippen LogP contribution < -0.4 is 10.1 Å². The molecular weight excluding hydrogens is 318 g/mol. The van der Waals surface area contributed by atoms with Crippen molar-refractivity contribution in [2.45, 2.75) is 19.6 Å². The van der Waals surface area contributed by atoms with Crippen molar-refractivity contribution in [3.8, 4) is 5.75 Å². The Bertz CT molecular complexity index is 856. The standard InChI is InChI=1S/C19H21N3O3/c1-25-15-8-6-14(7-9-15)10-11-20-19(24)12-22-17-5-3-2-4-16(17)21-18(22)13-23/h2-9,23H,10-13H2,1H3,(H,20,24). The number of benzene rings is 2. The number of nitrogens with one attached hydrogen (secondary N) is 1. The second kappa shape index (κ2) is 7.81. The minimum Gasteiger partial charge on any atom is -0.497 e. The van der Waals surface area contributed by atoms with Crippen LogP contribution in [0.25, 0.3) is 11.0 Å². The summed E-state index contributed by atoms with van der Waals surface area (Å²) in [4.78, 5) is 16.6. The third-order valence-electron chi connectivity index (χ3n) is 4.07. The molecule has 25 heavy (non-hydrogen) atoms. The molecule has 1 amide bonds. The monoisotopic (exact) mass is 339 g/mol. The molecule has 2 N–H and O–H groups in total. The molecule has 0 saturated heterocycles. The molecular formula is C19H21N3O3. The van der Waals surface area contributed by atoms with Gasteiger partial charge in [-0.2, -0.15) is 0 Å². The SMILES string of the molecule is COc1ccc(CCNC(=O)Cn2c(CO)nc3ccccc32)cc1. The first-order valence-electron chi connectivity index (χ1n) is 8.16. The van der Waals surface area contributed by atoms with Gasteiger partial charge >= 0.3 is 0 Å². The van der Waals surface area contributed by atoms with Gasteiger partial charge in [-0.1, -0.05) is 24.3 Å². The molecule has 6 nitrogen and oxygen atoms in total. The van der Waals surface area contributed by atoms with Gasteiger partial charge in [0, 0.05) is 6.54 Å². The van der Waals surface area contributed by atoms with E-state index in [4.69, 9.17) is 4.74 Å². The van der Waals surface area contributed by atoms with Gasteiger partial charge in [-0.05, 0) is 36.2 Å². The second-order valence-electron chi connectivity index (χ2n) is 5.71. The van der Waals surface area contributed by atoms with Gasteiger partial charge in [0.15, 0.2) is 0 Å². The first kappa shape index (κ1) is 17.0. The molecule has 0 spiro atoms.